The second-order valence-corrected chi connectivity index (χ2v) is 10.9. The predicted molar refractivity (Wildman–Crippen MR) is 159 cm³/mol. The number of thiazole rings is 1. The molecule has 1 aromatic heterocycles. The highest BCUT2D eigenvalue weighted by atomic mass is 35.5. The van der Waals surface area contributed by atoms with Gasteiger partial charge in [-0.05, 0) is 60.9 Å². The van der Waals surface area contributed by atoms with Crippen LogP contribution in [0.4, 0.5) is 5.69 Å². The van der Waals surface area contributed by atoms with Crippen LogP contribution in [0.25, 0.3) is 10.6 Å². The van der Waals surface area contributed by atoms with Crippen LogP contribution < -0.4 is 10.3 Å². The minimum atomic E-state index is -0.397. The highest BCUT2D eigenvalue weighted by Crippen LogP contribution is 2.27. The van der Waals surface area contributed by atoms with Crippen LogP contribution in [0.3, 0.4) is 0 Å². The van der Waals surface area contributed by atoms with Gasteiger partial charge in [0.2, 0.25) is 0 Å². The van der Waals surface area contributed by atoms with Crippen molar-refractivity contribution < 1.29 is 9.90 Å². The van der Waals surface area contributed by atoms with Gasteiger partial charge < -0.3 is 10.0 Å². The number of hydrogen-bond donors (Lipinski definition) is 2. The van der Waals surface area contributed by atoms with Gasteiger partial charge >= 0.3 is 0 Å². The van der Waals surface area contributed by atoms with Crippen LogP contribution in [0.1, 0.15) is 32.7 Å². The molecule has 4 aromatic rings. The molecule has 3 aromatic carbocycles. The number of phenolic OH excluding ortho intramolecular Hbond substituents is 1. The molecule has 5 rings (SSSR count). The Balaban J connectivity index is 1.16. The number of nitrogens with one attached hydrogen (secondary N) is 1. The molecule has 9 heteroatoms. The Bertz CT molecular complexity index is 1500. The van der Waals surface area contributed by atoms with Crippen LogP contribution in [0, 0.1) is 13.8 Å². The topological polar surface area (TPSA) is 81.1 Å². The number of aromatic hydroxyl groups is 1. The van der Waals surface area contributed by atoms with Gasteiger partial charge in [-0.2, -0.15) is 5.10 Å². The van der Waals surface area contributed by atoms with Crippen LogP contribution in [0.5, 0.6) is 5.75 Å². The van der Waals surface area contributed by atoms with Crippen molar-refractivity contribution >= 4 is 40.7 Å². The second-order valence-electron chi connectivity index (χ2n) is 9.63. The summed E-state index contributed by atoms with van der Waals surface area (Å²) < 4.78 is 0. The molecule has 0 bridgehead atoms. The number of carbonyl (C=O) groups excluding carboxylic acids is 1. The van der Waals surface area contributed by atoms with Gasteiger partial charge in [-0.3, -0.25) is 9.69 Å². The predicted octanol–water partition coefficient (Wildman–Crippen LogP) is 5.87. The number of carbonyl (C=O) groups is 1. The molecule has 0 atom stereocenters. The first-order valence-electron chi connectivity index (χ1n) is 12.8. The molecule has 200 valence electrons. The number of halogens is 1. The fourth-order valence-corrected chi connectivity index (χ4v) is 5.64. The number of phenols is 1. The molecule has 1 amide bonds. The summed E-state index contributed by atoms with van der Waals surface area (Å²) in [7, 11) is 0. The Labute approximate surface area is 237 Å². The third-order valence-electron chi connectivity index (χ3n) is 6.84. The van der Waals surface area contributed by atoms with Crippen LogP contribution >= 0.6 is 22.9 Å². The number of hydrogen-bond acceptors (Lipinski definition) is 7. The van der Waals surface area contributed by atoms with E-state index in [1.165, 1.54) is 35.0 Å². The van der Waals surface area contributed by atoms with Gasteiger partial charge in [0.1, 0.15) is 10.8 Å². The minimum Gasteiger partial charge on any atom is -0.506 e. The van der Waals surface area contributed by atoms with E-state index in [1.807, 2.05) is 18.2 Å². The molecule has 1 aliphatic rings. The maximum Gasteiger partial charge on any atom is 0.271 e. The minimum absolute atomic E-state index is 0.0683. The summed E-state index contributed by atoms with van der Waals surface area (Å²) in [6, 6.07) is 18.9. The molecule has 2 heterocycles. The molecule has 0 spiro atoms. The van der Waals surface area contributed by atoms with Crippen molar-refractivity contribution in [3.63, 3.8) is 0 Å². The SMILES string of the molecule is Cc1cc(N2CCN(Cc3csc(-c4ccccc4)n3)CC2)c(C)cc1C=NNC(=O)c1ccc(O)c(Cl)c1. The lowest BCUT2D eigenvalue weighted by Crippen LogP contribution is -2.46. The fourth-order valence-electron chi connectivity index (χ4n) is 4.65. The molecule has 0 aliphatic carbocycles. The maximum absolute atomic E-state index is 12.3. The van der Waals surface area contributed by atoms with Crippen molar-refractivity contribution in [3.05, 3.63) is 99.0 Å². The van der Waals surface area contributed by atoms with Crippen molar-refractivity contribution in [2.24, 2.45) is 5.10 Å². The first kappa shape index (κ1) is 26.9. The first-order valence-corrected chi connectivity index (χ1v) is 14.0. The van der Waals surface area contributed by atoms with Crippen LogP contribution in [-0.2, 0) is 6.54 Å². The van der Waals surface area contributed by atoms with Gasteiger partial charge in [0.05, 0.1) is 16.9 Å². The van der Waals surface area contributed by atoms with E-state index in [9.17, 15) is 9.90 Å². The number of aryl methyl sites for hydroxylation is 2. The third-order valence-corrected chi connectivity index (χ3v) is 8.08. The lowest BCUT2D eigenvalue weighted by atomic mass is 10.0. The first-order chi connectivity index (χ1) is 18.9. The second kappa shape index (κ2) is 12.0. The number of nitrogens with zero attached hydrogens (tertiary/aromatic N) is 4. The molecular weight excluding hydrogens is 530 g/mol. The van der Waals surface area contributed by atoms with E-state index in [1.54, 1.807) is 17.6 Å². The zero-order valence-corrected chi connectivity index (χ0v) is 23.5. The number of hydrazone groups is 1. The lowest BCUT2D eigenvalue weighted by molar-refractivity contribution is 0.0955. The molecule has 7 nitrogen and oxygen atoms in total. The highest BCUT2D eigenvalue weighted by molar-refractivity contribution is 7.13. The van der Waals surface area contributed by atoms with Gasteiger partial charge in [-0.15, -0.1) is 11.3 Å². The monoisotopic (exact) mass is 559 g/mol. The maximum atomic E-state index is 12.3. The van der Waals surface area contributed by atoms with Gasteiger partial charge in [0.15, 0.2) is 0 Å². The number of piperazine rings is 1. The Morgan fingerprint density at radius 1 is 1.08 bits per heavy atom. The molecular formula is C30H30ClN5O2S. The van der Waals surface area contributed by atoms with E-state index >= 15 is 0 Å². The fraction of sp³-hybridized carbons (Fsp3) is 0.233. The summed E-state index contributed by atoms with van der Waals surface area (Å²) in [6.07, 6.45) is 1.65. The van der Waals surface area contributed by atoms with E-state index < -0.39 is 5.91 Å². The average molecular weight is 560 g/mol. The zero-order chi connectivity index (χ0) is 27.4. The van der Waals surface area contributed by atoms with Crippen molar-refractivity contribution in [2.45, 2.75) is 20.4 Å². The van der Waals surface area contributed by atoms with E-state index in [2.05, 4.69) is 63.8 Å². The van der Waals surface area contributed by atoms with E-state index in [-0.39, 0.29) is 10.8 Å². The summed E-state index contributed by atoms with van der Waals surface area (Å²) in [5, 5.41) is 17.0. The quantitative estimate of drug-likeness (QED) is 0.218. The lowest BCUT2D eigenvalue weighted by Gasteiger charge is -2.36. The molecule has 39 heavy (non-hydrogen) atoms. The van der Waals surface area contributed by atoms with Crippen molar-refractivity contribution in [1.29, 1.82) is 0 Å². The Kier molecular flexibility index (Phi) is 8.26. The van der Waals surface area contributed by atoms with Gasteiger partial charge in [0.25, 0.3) is 5.91 Å². The number of aromatic nitrogens is 1. The Hall–Kier alpha value is -3.72. The molecule has 1 aliphatic heterocycles. The largest absolute Gasteiger partial charge is 0.506 e. The van der Waals surface area contributed by atoms with Crippen LogP contribution in [0.15, 0.2) is 71.1 Å². The molecule has 0 unspecified atom stereocenters. The zero-order valence-electron chi connectivity index (χ0n) is 21.9. The number of anilines is 1. The van der Waals surface area contributed by atoms with Gasteiger partial charge in [-0.25, -0.2) is 10.4 Å². The summed E-state index contributed by atoms with van der Waals surface area (Å²) in [5.74, 6) is -0.466. The van der Waals surface area contributed by atoms with E-state index in [0.717, 1.165) is 54.6 Å². The van der Waals surface area contributed by atoms with Gasteiger partial charge in [-0.1, -0.05) is 41.9 Å². The Morgan fingerprint density at radius 2 is 1.85 bits per heavy atom. The summed E-state index contributed by atoms with van der Waals surface area (Å²) in [5.41, 5.74) is 9.56. The number of amides is 1. The van der Waals surface area contributed by atoms with Crippen LogP contribution in [0.2, 0.25) is 5.02 Å². The molecule has 2 N–H and O–H groups in total. The normalized spacial score (nSPS) is 14.2. The summed E-state index contributed by atoms with van der Waals surface area (Å²) >= 11 is 7.60. The molecule has 1 fully saturated rings. The summed E-state index contributed by atoms with van der Waals surface area (Å²) in [6.45, 7) is 8.89. The smallest absolute Gasteiger partial charge is 0.271 e. The highest BCUT2D eigenvalue weighted by Gasteiger charge is 2.20. The summed E-state index contributed by atoms with van der Waals surface area (Å²) in [4.78, 5) is 22.1. The van der Waals surface area contributed by atoms with Crippen molar-refractivity contribution in [3.8, 4) is 16.3 Å². The standard InChI is InChI=1S/C30H30ClN5O2S/c1-20-15-27(21(2)14-24(20)17-32-34-29(38)23-8-9-28(37)26(31)16-23)36-12-10-35(11-13-36)18-25-19-39-30(33-25)22-6-4-3-5-7-22/h3-9,14-17,19,37H,10-13,18H2,1-2H3,(H,34,38). The number of benzene rings is 3. The molecule has 0 saturated carbocycles. The van der Waals surface area contributed by atoms with Crippen LogP contribution in [-0.4, -0.2) is 53.3 Å². The van der Waals surface area contributed by atoms with E-state index in [0.29, 0.717) is 5.56 Å². The molecule has 0 radical (unpaired) electrons. The van der Waals surface area contributed by atoms with E-state index in [4.69, 9.17) is 16.6 Å². The molecule has 1 saturated heterocycles. The van der Waals surface area contributed by atoms with Crippen molar-refractivity contribution in [2.75, 3.05) is 31.1 Å². The average Bonchev–Trinajstić information content (AvgIpc) is 3.41. The van der Waals surface area contributed by atoms with Gasteiger partial charge in [0, 0.05) is 54.9 Å². The Morgan fingerprint density at radius 3 is 2.59 bits per heavy atom. The number of rotatable bonds is 7. The third kappa shape index (κ3) is 6.47. The van der Waals surface area contributed by atoms with Crippen molar-refractivity contribution in [1.82, 2.24) is 15.3 Å².